The molecule has 0 saturated heterocycles. The van der Waals surface area contributed by atoms with Crippen LogP contribution in [-0.2, 0) is 17.7 Å². The summed E-state index contributed by atoms with van der Waals surface area (Å²) in [6.45, 7) is 7.82. The lowest BCUT2D eigenvalue weighted by atomic mass is 9.84. The molecule has 0 spiro atoms. The number of halogens is 1. The number of aromatic nitrogens is 2. The van der Waals surface area contributed by atoms with Gasteiger partial charge in [0.1, 0.15) is 0 Å². The molecule has 5 heteroatoms. The molecule has 0 bridgehead atoms. The van der Waals surface area contributed by atoms with Crippen LogP contribution >= 0.6 is 11.6 Å². The average Bonchev–Trinajstić information content (AvgIpc) is 2.63. The fourth-order valence-electron chi connectivity index (χ4n) is 1.73. The van der Waals surface area contributed by atoms with Crippen molar-refractivity contribution in [1.82, 2.24) is 9.78 Å². The van der Waals surface area contributed by atoms with E-state index in [1.54, 1.807) is 13.3 Å². The van der Waals surface area contributed by atoms with Gasteiger partial charge >= 0.3 is 0 Å². The van der Waals surface area contributed by atoms with E-state index in [0.29, 0.717) is 11.6 Å². The summed E-state index contributed by atoms with van der Waals surface area (Å²) in [7, 11) is 1.68. The highest BCUT2D eigenvalue weighted by atomic mass is 35.5. The normalized spacial score (nSPS) is 13.9. The van der Waals surface area contributed by atoms with Crippen LogP contribution < -0.4 is 5.73 Å². The highest BCUT2D eigenvalue weighted by Gasteiger charge is 2.21. The minimum Gasteiger partial charge on any atom is -0.383 e. The second-order valence-electron chi connectivity index (χ2n) is 5.67. The third-order valence-corrected chi connectivity index (χ3v) is 3.53. The average molecular weight is 274 g/mol. The van der Waals surface area contributed by atoms with Gasteiger partial charge in [0.15, 0.2) is 0 Å². The van der Waals surface area contributed by atoms with Gasteiger partial charge in [-0.2, -0.15) is 5.10 Å². The standard InChI is InChI=1S/C13H24ClN3O/c1-13(2,3)12(15)6-5-11-10(14)9-16-17(11)7-8-18-4/h9,12H,5-8,15H2,1-4H3. The van der Waals surface area contributed by atoms with Gasteiger partial charge < -0.3 is 10.5 Å². The van der Waals surface area contributed by atoms with Crippen molar-refractivity contribution < 1.29 is 4.74 Å². The van der Waals surface area contributed by atoms with Crippen LogP contribution in [0.3, 0.4) is 0 Å². The smallest absolute Gasteiger partial charge is 0.0817 e. The molecule has 0 aliphatic rings. The third kappa shape index (κ3) is 4.26. The summed E-state index contributed by atoms with van der Waals surface area (Å²) in [5.74, 6) is 0. The molecule has 104 valence electrons. The monoisotopic (exact) mass is 273 g/mol. The van der Waals surface area contributed by atoms with Gasteiger partial charge in [0.05, 0.1) is 30.1 Å². The maximum absolute atomic E-state index is 6.17. The number of rotatable bonds is 6. The van der Waals surface area contributed by atoms with Crippen LogP contribution in [0.25, 0.3) is 0 Å². The summed E-state index contributed by atoms with van der Waals surface area (Å²) in [6, 6.07) is 0.152. The summed E-state index contributed by atoms with van der Waals surface area (Å²) in [5, 5.41) is 4.97. The van der Waals surface area contributed by atoms with Gasteiger partial charge in [-0.15, -0.1) is 0 Å². The Morgan fingerprint density at radius 3 is 2.72 bits per heavy atom. The zero-order valence-corrected chi connectivity index (χ0v) is 12.5. The first kappa shape index (κ1) is 15.5. The molecule has 0 aliphatic heterocycles. The highest BCUT2D eigenvalue weighted by molar-refractivity contribution is 6.31. The summed E-state index contributed by atoms with van der Waals surface area (Å²) in [5.41, 5.74) is 7.33. The quantitative estimate of drug-likeness (QED) is 0.866. The van der Waals surface area contributed by atoms with Crippen LogP contribution in [0.1, 0.15) is 32.9 Å². The number of hydrogen-bond donors (Lipinski definition) is 1. The number of nitrogens with two attached hydrogens (primary N) is 1. The van der Waals surface area contributed by atoms with E-state index in [0.717, 1.165) is 25.1 Å². The largest absolute Gasteiger partial charge is 0.383 e. The maximum Gasteiger partial charge on any atom is 0.0817 e. The number of hydrogen-bond acceptors (Lipinski definition) is 3. The second-order valence-corrected chi connectivity index (χ2v) is 6.07. The molecule has 1 heterocycles. The van der Waals surface area contributed by atoms with E-state index in [-0.39, 0.29) is 11.5 Å². The summed E-state index contributed by atoms with van der Waals surface area (Å²) in [4.78, 5) is 0. The predicted octanol–water partition coefficient (Wildman–Crippen LogP) is 2.49. The first-order chi connectivity index (χ1) is 8.36. The molecule has 1 rings (SSSR count). The third-order valence-electron chi connectivity index (χ3n) is 3.21. The van der Waals surface area contributed by atoms with Gasteiger partial charge in [-0.25, -0.2) is 0 Å². The zero-order chi connectivity index (χ0) is 13.8. The molecule has 1 aromatic rings. The van der Waals surface area contributed by atoms with Crippen LogP contribution in [0.2, 0.25) is 5.02 Å². The van der Waals surface area contributed by atoms with Gasteiger partial charge in [-0.05, 0) is 18.3 Å². The fraction of sp³-hybridized carbons (Fsp3) is 0.769. The predicted molar refractivity (Wildman–Crippen MR) is 74.9 cm³/mol. The Hall–Kier alpha value is -0.580. The van der Waals surface area contributed by atoms with Crippen LogP contribution in [0.15, 0.2) is 6.20 Å². The molecule has 0 fully saturated rings. The van der Waals surface area contributed by atoms with Crippen molar-refractivity contribution in [2.75, 3.05) is 13.7 Å². The van der Waals surface area contributed by atoms with Crippen LogP contribution in [0.5, 0.6) is 0 Å². The number of nitrogens with zero attached hydrogens (tertiary/aromatic N) is 2. The molecule has 4 nitrogen and oxygen atoms in total. The van der Waals surface area contributed by atoms with Crippen LogP contribution in [0, 0.1) is 5.41 Å². The summed E-state index contributed by atoms with van der Waals surface area (Å²) in [6.07, 6.45) is 3.44. The van der Waals surface area contributed by atoms with Gasteiger partial charge in [-0.1, -0.05) is 32.4 Å². The Bertz CT molecular complexity index is 371. The van der Waals surface area contributed by atoms with Crippen LogP contribution in [0.4, 0.5) is 0 Å². The fourth-order valence-corrected chi connectivity index (χ4v) is 1.97. The minimum absolute atomic E-state index is 0.115. The van der Waals surface area contributed by atoms with Gasteiger partial charge in [0.2, 0.25) is 0 Å². The second kappa shape index (κ2) is 6.55. The van der Waals surface area contributed by atoms with Crippen LogP contribution in [-0.4, -0.2) is 29.5 Å². The first-order valence-electron chi connectivity index (χ1n) is 6.31. The van der Waals surface area contributed by atoms with E-state index < -0.39 is 0 Å². The van der Waals surface area contributed by atoms with Crippen molar-refractivity contribution in [3.63, 3.8) is 0 Å². The van der Waals surface area contributed by atoms with E-state index in [1.165, 1.54) is 0 Å². The summed E-state index contributed by atoms with van der Waals surface area (Å²) < 4.78 is 6.97. The van der Waals surface area contributed by atoms with E-state index in [9.17, 15) is 0 Å². The molecule has 0 amide bonds. The van der Waals surface area contributed by atoms with E-state index in [2.05, 4.69) is 25.9 Å². The Morgan fingerprint density at radius 1 is 1.50 bits per heavy atom. The van der Waals surface area contributed by atoms with Crippen molar-refractivity contribution in [3.8, 4) is 0 Å². The van der Waals surface area contributed by atoms with Gasteiger partial charge in [-0.3, -0.25) is 4.68 Å². The molecule has 0 saturated carbocycles. The Labute approximate surface area is 114 Å². The van der Waals surface area contributed by atoms with Crippen molar-refractivity contribution in [2.24, 2.45) is 11.1 Å². The van der Waals surface area contributed by atoms with E-state index in [1.807, 2.05) is 4.68 Å². The van der Waals surface area contributed by atoms with Crippen molar-refractivity contribution in [2.45, 2.75) is 46.2 Å². The molecule has 18 heavy (non-hydrogen) atoms. The molecule has 2 N–H and O–H groups in total. The van der Waals surface area contributed by atoms with E-state index in [4.69, 9.17) is 22.1 Å². The summed E-state index contributed by atoms with van der Waals surface area (Å²) >= 11 is 6.16. The molecule has 1 aromatic heterocycles. The van der Waals surface area contributed by atoms with Gasteiger partial charge in [0.25, 0.3) is 0 Å². The van der Waals surface area contributed by atoms with Crippen molar-refractivity contribution in [3.05, 3.63) is 16.9 Å². The SMILES string of the molecule is COCCn1ncc(Cl)c1CCC(N)C(C)(C)C. The maximum atomic E-state index is 6.17. The molecule has 0 aliphatic carbocycles. The van der Waals surface area contributed by atoms with E-state index >= 15 is 0 Å². The van der Waals surface area contributed by atoms with Crippen molar-refractivity contribution in [1.29, 1.82) is 0 Å². The molecule has 0 radical (unpaired) electrons. The number of methoxy groups -OCH3 is 1. The molecular formula is C13H24ClN3O. The van der Waals surface area contributed by atoms with Gasteiger partial charge in [0, 0.05) is 13.2 Å². The Morgan fingerprint density at radius 2 is 2.17 bits per heavy atom. The highest BCUT2D eigenvalue weighted by Crippen LogP contribution is 2.23. The Kier molecular flexibility index (Phi) is 5.63. The molecule has 1 atom stereocenters. The molecule has 1 unspecified atom stereocenters. The van der Waals surface area contributed by atoms with Crippen molar-refractivity contribution >= 4 is 11.6 Å². The lowest BCUT2D eigenvalue weighted by Gasteiger charge is -2.27. The first-order valence-corrected chi connectivity index (χ1v) is 6.68. The Balaban J connectivity index is 2.63. The lowest BCUT2D eigenvalue weighted by Crippen LogP contribution is -2.35. The minimum atomic E-state index is 0.115. The zero-order valence-electron chi connectivity index (χ0n) is 11.7. The topological polar surface area (TPSA) is 53.1 Å². The molecular weight excluding hydrogens is 250 g/mol. The number of ether oxygens (including phenoxy) is 1. The lowest BCUT2D eigenvalue weighted by molar-refractivity contribution is 0.182. The molecule has 0 aromatic carbocycles.